The van der Waals surface area contributed by atoms with Crippen molar-refractivity contribution < 1.29 is 4.79 Å². The molecule has 1 rings (SSSR count). The van der Waals surface area contributed by atoms with Gasteiger partial charge < -0.3 is 0 Å². The van der Waals surface area contributed by atoms with Crippen LogP contribution >= 0.6 is 0 Å². The van der Waals surface area contributed by atoms with E-state index in [1.807, 2.05) is 10.9 Å². The average Bonchev–Trinajstić information content (AvgIpc) is 2.57. The summed E-state index contributed by atoms with van der Waals surface area (Å²) in [5.74, 6) is 0.655. The third kappa shape index (κ3) is 3.19. The number of carbonyl (C=O) groups is 1. The highest BCUT2D eigenvalue weighted by Gasteiger charge is 2.21. The van der Waals surface area contributed by atoms with Crippen molar-refractivity contribution in [3.8, 4) is 0 Å². The molecule has 0 atom stereocenters. The summed E-state index contributed by atoms with van der Waals surface area (Å²) in [6.45, 7) is 11.5. The van der Waals surface area contributed by atoms with Gasteiger partial charge in [0.15, 0.2) is 6.29 Å². The molecule has 0 radical (unpaired) electrons. The minimum atomic E-state index is -0.0701. The van der Waals surface area contributed by atoms with Gasteiger partial charge in [-0.3, -0.25) is 9.48 Å². The molecule has 0 aliphatic heterocycles. The zero-order valence-corrected chi connectivity index (χ0v) is 10.9. The monoisotopic (exact) mass is 222 g/mol. The highest BCUT2D eigenvalue weighted by Crippen LogP contribution is 2.23. The van der Waals surface area contributed by atoms with Crippen molar-refractivity contribution in [2.75, 3.05) is 0 Å². The van der Waals surface area contributed by atoms with Gasteiger partial charge in [-0.15, -0.1) is 0 Å². The second-order valence-electron chi connectivity index (χ2n) is 5.75. The first-order chi connectivity index (χ1) is 7.34. The number of hydrogen-bond donors (Lipinski definition) is 0. The van der Waals surface area contributed by atoms with Crippen molar-refractivity contribution in [1.29, 1.82) is 0 Å². The second kappa shape index (κ2) is 4.81. The maximum atomic E-state index is 11.0. The molecular formula is C13H22N2O. The van der Waals surface area contributed by atoms with Crippen molar-refractivity contribution in [3.05, 3.63) is 17.5 Å². The normalized spacial score (nSPS) is 12.1. The van der Waals surface area contributed by atoms with Crippen LogP contribution in [0.15, 0.2) is 6.20 Å². The van der Waals surface area contributed by atoms with Crippen molar-refractivity contribution in [3.63, 3.8) is 0 Å². The molecule has 3 nitrogen and oxygen atoms in total. The standard InChI is InChI=1S/C13H22N2O/c1-10(2)6-7-15-8-11(9-16)12(14-15)13(3,4)5/h8-10H,6-7H2,1-5H3. The topological polar surface area (TPSA) is 34.9 Å². The largest absolute Gasteiger partial charge is 0.298 e. The Morgan fingerprint density at radius 3 is 2.44 bits per heavy atom. The third-order valence-corrected chi connectivity index (χ3v) is 2.56. The molecule has 0 saturated carbocycles. The Hall–Kier alpha value is -1.12. The highest BCUT2D eigenvalue weighted by atomic mass is 16.1. The van der Waals surface area contributed by atoms with Gasteiger partial charge in [0.2, 0.25) is 0 Å². The molecule has 0 fully saturated rings. The molecule has 0 spiro atoms. The van der Waals surface area contributed by atoms with Gasteiger partial charge in [-0.05, 0) is 12.3 Å². The van der Waals surface area contributed by atoms with Gasteiger partial charge in [-0.25, -0.2) is 0 Å². The lowest BCUT2D eigenvalue weighted by Gasteiger charge is -2.15. The van der Waals surface area contributed by atoms with E-state index in [0.717, 1.165) is 30.5 Å². The van der Waals surface area contributed by atoms with Crippen molar-refractivity contribution >= 4 is 6.29 Å². The molecule has 0 amide bonds. The van der Waals surface area contributed by atoms with Crippen LogP contribution in [0.4, 0.5) is 0 Å². The van der Waals surface area contributed by atoms with Crippen LogP contribution in [-0.2, 0) is 12.0 Å². The van der Waals surface area contributed by atoms with Gasteiger partial charge in [0.05, 0.1) is 11.3 Å². The fourth-order valence-corrected chi connectivity index (χ4v) is 1.61. The molecule has 90 valence electrons. The molecule has 0 aromatic carbocycles. The SMILES string of the molecule is CC(C)CCn1cc(C=O)c(C(C)(C)C)n1. The lowest BCUT2D eigenvalue weighted by atomic mass is 9.90. The number of hydrogen-bond acceptors (Lipinski definition) is 2. The third-order valence-electron chi connectivity index (χ3n) is 2.56. The van der Waals surface area contributed by atoms with Gasteiger partial charge in [0, 0.05) is 18.2 Å². The molecule has 16 heavy (non-hydrogen) atoms. The maximum Gasteiger partial charge on any atom is 0.153 e. The smallest absolute Gasteiger partial charge is 0.153 e. The number of carbonyl (C=O) groups excluding carboxylic acids is 1. The van der Waals surface area contributed by atoms with Gasteiger partial charge in [-0.1, -0.05) is 34.6 Å². The maximum absolute atomic E-state index is 11.0. The average molecular weight is 222 g/mol. The Morgan fingerprint density at radius 1 is 1.44 bits per heavy atom. The summed E-state index contributed by atoms with van der Waals surface area (Å²) in [7, 11) is 0. The zero-order chi connectivity index (χ0) is 12.3. The summed E-state index contributed by atoms with van der Waals surface area (Å²) < 4.78 is 1.89. The molecule has 0 unspecified atom stereocenters. The molecule has 1 heterocycles. The predicted molar refractivity (Wildman–Crippen MR) is 65.8 cm³/mol. The van der Waals surface area contributed by atoms with E-state index in [1.165, 1.54) is 0 Å². The van der Waals surface area contributed by atoms with Crippen LogP contribution < -0.4 is 0 Å². The summed E-state index contributed by atoms with van der Waals surface area (Å²) in [4.78, 5) is 11.0. The molecule has 0 aliphatic rings. The van der Waals surface area contributed by atoms with E-state index in [1.54, 1.807) is 0 Å². The van der Waals surface area contributed by atoms with E-state index in [9.17, 15) is 4.79 Å². The van der Waals surface area contributed by atoms with Crippen molar-refractivity contribution in [2.24, 2.45) is 5.92 Å². The number of aromatic nitrogens is 2. The minimum absolute atomic E-state index is 0.0701. The Morgan fingerprint density at radius 2 is 2.06 bits per heavy atom. The van der Waals surface area contributed by atoms with Crippen LogP contribution in [0.5, 0.6) is 0 Å². The first-order valence-electron chi connectivity index (χ1n) is 5.87. The van der Waals surface area contributed by atoms with E-state index in [0.29, 0.717) is 5.92 Å². The molecule has 0 N–H and O–H groups in total. The number of rotatable bonds is 4. The van der Waals surface area contributed by atoms with E-state index in [-0.39, 0.29) is 5.41 Å². The molecule has 0 bridgehead atoms. The van der Waals surface area contributed by atoms with E-state index >= 15 is 0 Å². The highest BCUT2D eigenvalue weighted by molar-refractivity contribution is 5.76. The number of nitrogens with zero attached hydrogens (tertiary/aromatic N) is 2. The van der Waals surface area contributed by atoms with Crippen LogP contribution in [-0.4, -0.2) is 16.1 Å². The Kier molecular flexibility index (Phi) is 3.89. The summed E-state index contributed by atoms with van der Waals surface area (Å²) >= 11 is 0. The number of aldehydes is 1. The fraction of sp³-hybridized carbons (Fsp3) is 0.692. The van der Waals surface area contributed by atoms with Gasteiger partial charge in [0.25, 0.3) is 0 Å². The minimum Gasteiger partial charge on any atom is -0.298 e. The molecule has 1 aromatic heterocycles. The summed E-state index contributed by atoms with van der Waals surface area (Å²) in [6.07, 6.45) is 3.85. The summed E-state index contributed by atoms with van der Waals surface area (Å²) in [6, 6.07) is 0. The Labute approximate surface area is 97.8 Å². The Bertz CT molecular complexity index is 358. The first-order valence-corrected chi connectivity index (χ1v) is 5.87. The van der Waals surface area contributed by atoms with Gasteiger partial charge in [-0.2, -0.15) is 5.10 Å². The van der Waals surface area contributed by atoms with Crippen LogP contribution in [0.3, 0.4) is 0 Å². The quantitative estimate of drug-likeness (QED) is 0.734. The molecular weight excluding hydrogens is 200 g/mol. The molecule has 1 aromatic rings. The first kappa shape index (κ1) is 12.9. The fourth-order valence-electron chi connectivity index (χ4n) is 1.61. The lowest BCUT2D eigenvalue weighted by molar-refractivity contribution is 0.112. The molecule has 3 heteroatoms. The zero-order valence-electron chi connectivity index (χ0n) is 10.9. The van der Waals surface area contributed by atoms with E-state index in [2.05, 4.69) is 39.7 Å². The van der Waals surface area contributed by atoms with Gasteiger partial charge in [0.1, 0.15) is 0 Å². The Balaban J connectivity index is 2.90. The van der Waals surface area contributed by atoms with Crippen molar-refractivity contribution in [1.82, 2.24) is 9.78 Å². The van der Waals surface area contributed by atoms with Crippen LogP contribution in [0.2, 0.25) is 0 Å². The molecule has 0 saturated heterocycles. The van der Waals surface area contributed by atoms with Crippen LogP contribution in [0, 0.1) is 5.92 Å². The van der Waals surface area contributed by atoms with E-state index in [4.69, 9.17) is 0 Å². The predicted octanol–water partition coefficient (Wildman–Crippen LogP) is 3.04. The number of aryl methyl sites for hydroxylation is 1. The van der Waals surface area contributed by atoms with Crippen molar-refractivity contribution in [2.45, 2.75) is 53.0 Å². The summed E-state index contributed by atoms with van der Waals surface area (Å²) in [5.41, 5.74) is 1.54. The summed E-state index contributed by atoms with van der Waals surface area (Å²) in [5, 5.41) is 4.51. The van der Waals surface area contributed by atoms with Crippen LogP contribution in [0.1, 0.15) is 57.1 Å². The van der Waals surface area contributed by atoms with Gasteiger partial charge >= 0.3 is 0 Å². The second-order valence-corrected chi connectivity index (χ2v) is 5.75. The lowest BCUT2D eigenvalue weighted by Crippen LogP contribution is -2.15. The van der Waals surface area contributed by atoms with Crippen LogP contribution in [0.25, 0.3) is 0 Å². The van der Waals surface area contributed by atoms with E-state index < -0.39 is 0 Å². The molecule has 0 aliphatic carbocycles.